The summed E-state index contributed by atoms with van der Waals surface area (Å²) in [6.07, 6.45) is 0.969. The summed E-state index contributed by atoms with van der Waals surface area (Å²) in [4.78, 5) is 40.7. The van der Waals surface area contributed by atoms with Gasteiger partial charge < -0.3 is 10.2 Å². The van der Waals surface area contributed by atoms with Crippen LogP contribution < -0.4 is 5.32 Å². The number of hydrogen-bond acceptors (Lipinski definition) is 6. The molecule has 1 N–H and O–H groups in total. The maximum absolute atomic E-state index is 13.0. The van der Waals surface area contributed by atoms with Crippen LogP contribution in [0.2, 0.25) is 0 Å². The number of carbonyl (C=O) groups excluding carboxylic acids is 2. The van der Waals surface area contributed by atoms with Gasteiger partial charge in [0.1, 0.15) is 0 Å². The number of thioether (sulfide) groups is 1. The van der Waals surface area contributed by atoms with Crippen LogP contribution in [-0.4, -0.2) is 65.0 Å². The van der Waals surface area contributed by atoms with Crippen LogP contribution in [0.15, 0.2) is 53.4 Å². The molecule has 2 aromatic rings. The Bertz CT molecular complexity index is 992. The molecule has 182 valence electrons. The van der Waals surface area contributed by atoms with Crippen LogP contribution >= 0.6 is 11.8 Å². The molecular weight excluding hydrogens is 452 g/mol. The molecule has 0 aliphatic carbocycles. The van der Waals surface area contributed by atoms with Gasteiger partial charge in [0.2, 0.25) is 5.91 Å². The van der Waals surface area contributed by atoms with Gasteiger partial charge in [0.25, 0.3) is 11.6 Å². The van der Waals surface area contributed by atoms with Crippen molar-refractivity contribution in [3.63, 3.8) is 0 Å². The third-order valence-electron chi connectivity index (χ3n) is 5.71. The first-order valence-electron chi connectivity index (χ1n) is 11.6. The van der Waals surface area contributed by atoms with Crippen molar-refractivity contribution in [2.45, 2.75) is 31.7 Å². The highest BCUT2D eigenvalue weighted by molar-refractivity contribution is 7.99. The Kier molecular flexibility index (Phi) is 9.47. The minimum absolute atomic E-state index is 0.0201. The Morgan fingerprint density at radius 1 is 1.09 bits per heavy atom. The number of piperazine rings is 1. The Labute approximate surface area is 204 Å². The highest BCUT2D eigenvalue weighted by Crippen LogP contribution is 2.31. The zero-order valence-electron chi connectivity index (χ0n) is 19.7. The number of nitrogens with one attached hydrogen (secondary N) is 1. The van der Waals surface area contributed by atoms with Crippen molar-refractivity contribution in [1.82, 2.24) is 15.1 Å². The number of carbonyl (C=O) groups is 2. The van der Waals surface area contributed by atoms with Crippen molar-refractivity contribution in [2.75, 3.05) is 38.5 Å². The first-order chi connectivity index (χ1) is 16.3. The summed E-state index contributed by atoms with van der Waals surface area (Å²) in [5.41, 5.74) is 1.35. The molecule has 0 aromatic heterocycles. The molecule has 1 aliphatic rings. The zero-order chi connectivity index (χ0) is 24.5. The third-order valence-corrected chi connectivity index (χ3v) is 6.81. The van der Waals surface area contributed by atoms with Crippen molar-refractivity contribution < 1.29 is 14.5 Å². The van der Waals surface area contributed by atoms with Crippen LogP contribution in [0.3, 0.4) is 0 Å². The second-order valence-electron chi connectivity index (χ2n) is 8.80. The average molecular weight is 485 g/mol. The molecule has 2 amide bonds. The van der Waals surface area contributed by atoms with Crippen LogP contribution in [-0.2, 0) is 11.3 Å². The molecule has 0 saturated carbocycles. The lowest BCUT2D eigenvalue weighted by molar-refractivity contribution is -0.387. The lowest BCUT2D eigenvalue weighted by atomic mass is 10.1. The molecule has 0 spiro atoms. The molecule has 0 unspecified atom stereocenters. The van der Waals surface area contributed by atoms with Crippen molar-refractivity contribution in [1.29, 1.82) is 0 Å². The lowest BCUT2D eigenvalue weighted by Gasteiger charge is -2.34. The molecule has 1 heterocycles. The van der Waals surface area contributed by atoms with Crippen molar-refractivity contribution >= 4 is 29.3 Å². The van der Waals surface area contributed by atoms with E-state index in [1.165, 1.54) is 17.8 Å². The van der Waals surface area contributed by atoms with E-state index in [1.807, 2.05) is 35.2 Å². The van der Waals surface area contributed by atoms with E-state index in [1.54, 1.807) is 17.0 Å². The monoisotopic (exact) mass is 484 g/mol. The summed E-state index contributed by atoms with van der Waals surface area (Å²) in [7, 11) is 0. The first kappa shape index (κ1) is 25.7. The smallest absolute Gasteiger partial charge is 0.283 e. The van der Waals surface area contributed by atoms with Crippen molar-refractivity contribution in [3.8, 4) is 0 Å². The minimum atomic E-state index is -0.416. The van der Waals surface area contributed by atoms with Crippen molar-refractivity contribution in [3.05, 3.63) is 69.8 Å². The fourth-order valence-electron chi connectivity index (χ4n) is 3.67. The molecule has 0 radical (unpaired) electrons. The molecule has 1 aliphatic heterocycles. The summed E-state index contributed by atoms with van der Waals surface area (Å²) in [5, 5.41) is 14.5. The van der Waals surface area contributed by atoms with Crippen LogP contribution in [0.5, 0.6) is 0 Å². The molecule has 34 heavy (non-hydrogen) atoms. The number of nitrogens with zero attached hydrogens (tertiary/aromatic N) is 3. The van der Waals surface area contributed by atoms with Gasteiger partial charge in [0, 0.05) is 44.4 Å². The predicted molar refractivity (Wildman–Crippen MR) is 134 cm³/mol. The molecule has 8 nitrogen and oxygen atoms in total. The van der Waals surface area contributed by atoms with Crippen LogP contribution in [0.25, 0.3) is 0 Å². The van der Waals surface area contributed by atoms with E-state index >= 15 is 0 Å². The zero-order valence-corrected chi connectivity index (χ0v) is 20.6. The van der Waals surface area contributed by atoms with E-state index in [-0.39, 0.29) is 24.0 Å². The van der Waals surface area contributed by atoms with Gasteiger partial charge in [0.05, 0.1) is 16.4 Å². The number of rotatable bonds is 10. The largest absolute Gasteiger partial charge is 0.351 e. The Morgan fingerprint density at radius 3 is 2.44 bits per heavy atom. The third kappa shape index (κ3) is 7.56. The van der Waals surface area contributed by atoms with Gasteiger partial charge in [-0.3, -0.25) is 24.6 Å². The predicted octanol–water partition coefficient (Wildman–Crippen LogP) is 3.81. The van der Waals surface area contributed by atoms with Crippen LogP contribution in [0.4, 0.5) is 5.69 Å². The summed E-state index contributed by atoms with van der Waals surface area (Å²) in [5.74, 6) is 1.06. The van der Waals surface area contributed by atoms with E-state index in [2.05, 4.69) is 19.2 Å². The maximum Gasteiger partial charge on any atom is 0.283 e. The lowest BCUT2D eigenvalue weighted by Crippen LogP contribution is -2.51. The van der Waals surface area contributed by atoms with E-state index < -0.39 is 4.92 Å². The van der Waals surface area contributed by atoms with Gasteiger partial charge in [-0.15, -0.1) is 11.8 Å². The maximum atomic E-state index is 13.0. The van der Waals surface area contributed by atoms with Crippen molar-refractivity contribution in [2.24, 2.45) is 5.92 Å². The van der Waals surface area contributed by atoms with Crippen LogP contribution in [0.1, 0.15) is 36.2 Å². The fourth-order valence-corrected chi connectivity index (χ4v) is 4.92. The topological polar surface area (TPSA) is 95.8 Å². The van der Waals surface area contributed by atoms with E-state index in [4.69, 9.17) is 0 Å². The second-order valence-corrected chi connectivity index (χ2v) is 9.94. The fraction of sp³-hybridized carbons (Fsp3) is 0.440. The summed E-state index contributed by atoms with van der Waals surface area (Å²) in [6, 6.07) is 14.5. The highest BCUT2D eigenvalue weighted by Gasteiger charge is 2.25. The molecule has 3 rings (SSSR count). The molecule has 9 heteroatoms. The van der Waals surface area contributed by atoms with Gasteiger partial charge in [0.15, 0.2) is 0 Å². The summed E-state index contributed by atoms with van der Waals surface area (Å²) in [6.45, 7) is 7.12. The standard InChI is InChI=1S/C25H32N4O4S/c1-19(2)10-15-34-23-9-8-21(16-22(23)29(32)33)25(31)28-13-11-27(12-14-28)18-24(30)26-17-20-6-4-3-5-7-20/h3-9,16,19H,10-15,17-18H2,1-2H3,(H,26,30). The molecule has 1 fully saturated rings. The molecule has 0 atom stereocenters. The summed E-state index contributed by atoms with van der Waals surface area (Å²) < 4.78 is 0. The number of hydrogen-bond donors (Lipinski definition) is 1. The van der Waals surface area contributed by atoms with E-state index in [0.29, 0.717) is 49.1 Å². The second kappa shape index (κ2) is 12.5. The van der Waals surface area contributed by atoms with Gasteiger partial charge >= 0.3 is 0 Å². The molecular formula is C25H32N4O4S. The number of nitro benzene ring substituents is 1. The number of amides is 2. The first-order valence-corrected chi connectivity index (χ1v) is 12.6. The SMILES string of the molecule is CC(C)CCSc1ccc(C(=O)N2CCN(CC(=O)NCc3ccccc3)CC2)cc1[N+](=O)[O-]. The normalized spacial score (nSPS) is 14.3. The van der Waals surface area contributed by atoms with E-state index in [0.717, 1.165) is 17.7 Å². The summed E-state index contributed by atoms with van der Waals surface area (Å²) >= 11 is 1.46. The Hall–Kier alpha value is -2.91. The molecule has 1 saturated heterocycles. The Balaban J connectivity index is 1.50. The number of benzene rings is 2. The molecule has 2 aromatic carbocycles. The Morgan fingerprint density at radius 2 is 1.79 bits per heavy atom. The minimum Gasteiger partial charge on any atom is -0.351 e. The number of nitro groups is 1. The quantitative estimate of drug-likeness (QED) is 0.313. The van der Waals surface area contributed by atoms with Gasteiger partial charge in [-0.25, -0.2) is 0 Å². The van der Waals surface area contributed by atoms with Gasteiger partial charge in [-0.05, 0) is 35.8 Å². The van der Waals surface area contributed by atoms with E-state index in [9.17, 15) is 19.7 Å². The molecule has 0 bridgehead atoms. The average Bonchev–Trinajstić information content (AvgIpc) is 2.83. The van der Waals surface area contributed by atoms with Gasteiger partial charge in [-0.2, -0.15) is 0 Å². The highest BCUT2D eigenvalue weighted by atomic mass is 32.2. The van der Waals surface area contributed by atoms with Gasteiger partial charge in [-0.1, -0.05) is 44.2 Å². The van der Waals surface area contributed by atoms with Crippen LogP contribution in [0, 0.1) is 16.0 Å².